The molecule has 104 valence electrons. The average Bonchev–Trinajstić information content (AvgIpc) is 3.08. The largest absolute Gasteiger partial charge is 0.338 e. The van der Waals surface area contributed by atoms with E-state index in [2.05, 4.69) is 22.4 Å². The summed E-state index contributed by atoms with van der Waals surface area (Å²) in [7, 11) is 0. The second-order valence-electron chi connectivity index (χ2n) is 5.22. The molecule has 1 aromatic heterocycles. The van der Waals surface area contributed by atoms with Gasteiger partial charge in [-0.05, 0) is 19.9 Å². The third-order valence-electron chi connectivity index (χ3n) is 3.63. The van der Waals surface area contributed by atoms with Crippen LogP contribution in [0.1, 0.15) is 19.2 Å². The monoisotopic (exact) mass is 274 g/mol. The van der Waals surface area contributed by atoms with Crippen molar-refractivity contribution < 1.29 is 9.45 Å². The average molecular weight is 274 g/mol. The fourth-order valence-electron chi connectivity index (χ4n) is 2.34. The van der Waals surface area contributed by atoms with Crippen molar-refractivity contribution in [2.45, 2.75) is 18.8 Å². The smallest absolute Gasteiger partial charge is 0.270 e. The van der Waals surface area contributed by atoms with Crippen molar-refractivity contribution in [3.05, 3.63) is 40.3 Å². The highest BCUT2D eigenvalue weighted by molar-refractivity contribution is 5.58. The van der Waals surface area contributed by atoms with E-state index >= 15 is 0 Å². The van der Waals surface area contributed by atoms with E-state index in [9.17, 15) is 10.1 Å². The van der Waals surface area contributed by atoms with Crippen molar-refractivity contribution in [2.75, 3.05) is 13.1 Å². The lowest BCUT2D eigenvalue weighted by atomic mass is 9.90. The molecule has 1 N–H and O–H groups in total. The molecule has 2 aromatic rings. The van der Waals surface area contributed by atoms with Crippen molar-refractivity contribution >= 4 is 5.69 Å². The van der Waals surface area contributed by atoms with E-state index in [1.54, 1.807) is 12.1 Å². The Morgan fingerprint density at radius 1 is 1.50 bits per heavy atom. The molecule has 1 aliphatic rings. The van der Waals surface area contributed by atoms with Gasteiger partial charge in [-0.1, -0.05) is 17.3 Å². The molecular formula is C13H14N4O3. The summed E-state index contributed by atoms with van der Waals surface area (Å²) in [4.78, 5) is 14.7. The maximum atomic E-state index is 10.8. The van der Waals surface area contributed by atoms with Gasteiger partial charge in [0, 0.05) is 24.2 Å². The van der Waals surface area contributed by atoms with Gasteiger partial charge in [-0.25, -0.2) is 0 Å². The van der Waals surface area contributed by atoms with E-state index < -0.39 is 4.92 Å². The topological polar surface area (TPSA) is 94.1 Å². The van der Waals surface area contributed by atoms with Crippen molar-refractivity contribution in [3.8, 4) is 11.4 Å². The van der Waals surface area contributed by atoms with Crippen LogP contribution in [0.4, 0.5) is 5.69 Å². The normalized spacial score (nSPS) is 22.1. The number of rotatable bonds is 3. The highest BCUT2D eigenvalue weighted by Crippen LogP contribution is 2.30. The fraction of sp³-hybridized carbons (Fsp3) is 0.385. The zero-order valence-corrected chi connectivity index (χ0v) is 11.0. The van der Waals surface area contributed by atoms with Gasteiger partial charge >= 0.3 is 0 Å². The number of benzene rings is 1. The molecule has 0 saturated carbocycles. The summed E-state index contributed by atoms with van der Waals surface area (Å²) in [5.41, 5.74) is 0.442. The van der Waals surface area contributed by atoms with Crippen LogP contribution in [0.15, 0.2) is 28.8 Å². The van der Waals surface area contributed by atoms with Crippen LogP contribution in [-0.2, 0) is 5.41 Å². The summed E-state index contributed by atoms with van der Waals surface area (Å²) in [5, 5.41) is 18.0. The third kappa shape index (κ3) is 2.16. The van der Waals surface area contributed by atoms with Crippen LogP contribution in [-0.4, -0.2) is 28.2 Å². The van der Waals surface area contributed by atoms with E-state index in [0.29, 0.717) is 17.3 Å². The van der Waals surface area contributed by atoms with Gasteiger partial charge in [-0.3, -0.25) is 10.1 Å². The van der Waals surface area contributed by atoms with Crippen molar-refractivity contribution in [1.82, 2.24) is 15.5 Å². The molecule has 3 rings (SSSR count). The standard InChI is InChI=1S/C13H14N4O3/c1-13(5-6-14-8-13)12-15-11(16-20-12)9-3-2-4-10(7-9)17(18)19/h2-4,7,14H,5-6,8H2,1H3. The van der Waals surface area contributed by atoms with Crippen LogP contribution < -0.4 is 5.32 Å². The highest BCUT2D eigenvalue weighted by Gasteiger charge is 2.36. The Morgan fingerprint density at radius 3 is 3.05 bits per heavy atom. The summed E-state index contributed by atoms with van der Waals surface area (Å²) in [6.45, 7) is 3.78. The van der Waals surface area contributed by atoms with E-state index in [0.717, 1.165) is 19.5 Å². The molecule has 1 aromatic carbocycles. The molecule has 20 heavy (non-hydrogen) atoms. The molecule has 0 radical (unpaired) electrons. The minimum atomic E-state index is -0.438. The number of nitro benzene ring substituents is 1. The Balaban J connectivity index is 1.94. The summed E-state index contributed by atoms with van der Waals surface area (Å²) in [5.74, 6) is 0.959. The molecule has 7 nitrogen and oxygen atoms in total. The number of nitrogens with one attached hydrogen (secondary N) is 1. The summed E-state index contributed by atoms with van der Waals surface area (Å²) in [6.07, 6.45) is 0.934. The van der Waals surface area contributed by atoms with E-state index in [1.807, 2.05) is 0 Å². The number of nitro groups is 1. The second-order valence-corrected chi connectivity index (χ2v) is 5.22. The quantitative estimate of drug-likeness (QED) is 0.678. The molecule has 0 bridgehead atoms. The van der Waals surface area contributed by atoms with Crippen LogP contribution in [0.3, 0.4) is 0 Å². The lowest BCUT2D eigenvalue weighted by Crippen LogP contribution is -2.25. The molecule has 1 fully saturated rings. The van der Waals surface area contributed by atoms with Crippen LogP contribution in [0.25, 0.3) is 11.4 Å². The molecule has 7 heteroatoms. The first-order valence-electron chi connectivity index (χ1n) is 6.38. The van der Waals surface area contributed by atoms with Gasteiger partial charge in [0.1, 0.15) is 0 Å². The minimum absolute atomic E-state index is 0.0163. The van der Waals surface area contributed by atoms with Gasteiger partial charge in [-0.2, -0.15) is 4.98 Å². The lowest BCUT2D eigenvalue weighted by molar-refractivity contribution is -0.384. The molecule has 1 saturated heterocycles. The Labute approximate surface area is 115 Å². The summed E-state index contributed by atoms with van der Waals surface area (Å²) in [6, 6.07) is 6.23. The van der Waals surface area contributed by atoms with Gasteiger partial charge in [0.2, 0.25) is 11.7 Å². The van der Waals surface area contributed by atoms with E-state index in [-0.39, 0.29) is 11.1 Å². The number of aromatic nitrogens is 2. The third-order valence-corrected chi connectivity index (χ3v) is 3.63. The molecular weight excluding hydrogens is 260 g/mol. The van der Waals surface area contributed by atoms with Gasteiger partial charge in [0.15, 0.2) is 0 Å². The number of non-ortho nitro benzene ring substituents is 1. The SMILES string of the molecule is CC1(c2nc(-c3cccc([N+](=O)[O-])c3)no2)CCNC1. The Morgan fingerprint density at radius 2 is 2.35 bits per heavy atom. The first kappa shape index (κ1) is 12.7. The van der Waals surface area contributed by atoms with Crippen molar-refractivity contribution in [2.24, 2.45) is 0 Å². The van der Waals surface area contributed by atoms with Gasteiger partial charge in [0.25, 0.3) is 5.69 Å². The Kier molecular flexibility index (Phi) is 2.98. The predicted octanol–water partition coefficient (Wildman–Crippen LogP) is 1.90. The van der Waals surface area contributed by atoms with Gasteiger partial charge in [-0.15, -0.1) is 0 Å². The zero-order chi connectivity index (χ0) is 14.2. The van der Waals surface area contributed by atoms with Crippen LogP contribution >= 0.6 is 0 Å². The second kappa shape index (κ2) is 4.68. The maximum Gasteiger partial charge on any atom is 0.270 e. The van der Waals surface area contributed by atoms with E-state index in [1.165, 1.54) is 12.1 Å². The molecule has 0 aliphatic carbocycles. The van der Waals surface area contributed by atoms with E-state index in [4.69, 9.17) is 4.52 Å². The predicted molar refractivity (Wildman–Crippen MR) is 71.2 cm³/mol. The Hall–Kier alpha value is -2.28. The highest BCUT2D eigenvalue weighted by atomic mass is 16.6. The zero-order valence-electron chi connectivity index (χ0n) is 11.0. The van der Waals surface area contributed by atoms with Gasteiger partial charge < -0.3 is 9.84 Å². The Bertz CT molecular complexity index is 647. The van der Waals surface area contributed by atoms with Crippen LogP contribution in [0.5, 0.6) is 0 Å². The molecule has 2 heterocycles. The molecule has 0 amide bonds. The lowest BCUT2D eigenvalue weighted by Gasteiger charge is -2.15. The summed E-state index contributed by atoms with van der Waals surface area (Å²) < 4.78 is 5.34. The van der Waals surface area contributed by atoms with Crippen molar-refractivity contribution in [1.29, 1.82) is 0 Å². The molecule has 1 aliphatic heterocycles. The molecule has 0 spiro atoms. The van der Waals surface area contributed by atoms with Crippen LogP contribution in [0, 0.1) is 10.1 Å². The number of hydrogen-bond donors (Lipinski definition) is 1. The fourth-order valence-corrected chi connectivity index (χ4v) is 2.34. The maximum absolute atomic E-state index is 10.8. The number of nitrogens with zero attached hydrogens (tertiary/aromatic N) is 3. The molecule has 1 unspecified atom stereocenters. The van der Waals surface area contributed by atoms with Crippen molar-refractivity contribution in [3.63, 3.8) is 0 Å². The summed E-state index contributed by atoms with van der Waals surface area (Å²) >= 11 is 0. The number of hydrogen-bond acceptors (Lipinski definition) is 6. The van der Waals surface area contributed by atoms with Crippen LogP contribution in [0.2, 0.25) is 0 Å². The first-order valence-corrected chi connectivity index (χ1v) is 6.38. The molecule has 1 atom stereocenters. The van der Waals surface area contributed by atoms with Gasteiger partial charge in [0.05, 0.1) is 10.3 Å². The minimum Gasteiger partial charge on any atom is -0.338 e. The first-order chi connectivity index (χ1) is 9.58.